The Morgan fingerprint density at radius 3 is 2.50 bits per heavy atom. The molecule has 0 atom stereocenters. The summed E-state index contributed by atoms with van der Waals surface area (Å²) < 4.78 is 16.1. The summed E-state index contributed by atoms with van der Waals surface area (Å²) in [6.45, 7) is 0. The van der Waals surface area contributed by atoms with Gasteiger partial charge in [-0.3, -0.25) is 9.78 Å². The van der Waals surface area contributed by atoms with Crippen LogP contribution in [0.25, 0.3) is 22.8 Å². The van der Waals surface area contributed by atoms with Crippen LogP contribution in [0.1, 0.15) is 10.4 Å². The zero-order chi connectivity index (χ0) is 20.9. The van der Waals surface area contributed by atoms with Gasteiger partial charge in [-0.25, -0.2) is 0 Å². The molecule has 0 aliphatic rings. The van der Waals surface area contributed by atoms with Crippen molar-refractivity contribution < 1.29 is 18.8 Å². The van der Waals surface area contributed by atoms with Crippen LogP contribution >= 0.6 is 0 Å². The molecule has 2 aromatic carbocycles. The molecule has 0 bridgehead atoms. The first-order valence-electron chi connectivity index (χ1n) is 9.06. The summed E-state index contributed by atoms with van der Waals surface area (Å²) in [6.07, 6.45) is 3.13. The number of carbonyl (C=O) groups excluding carboxylic acids is 1. The van der Waals surface area contributed by atoms with Crippen LogP contribution in [0.3, 0.4) is 0 Å². The SMILES string of the molecule is COc1ccc(-c2noc(-c3ccccc3NC(=O)c3ccncc3)n2)cc1OC. The average molecular weight is 402 g/mol. The molecule has 0 unspecified atom stereocenters. The van der Waals surface area contributed by atoms with Gasteiger partial charge >= 0.3 is 0 Å². The van der Waals surface area contributed by atoms with Crippen molar-refractivity contribution in [2.75, 3.05) is 19.5 Å². The lowest BCUT2D eigenvalue weighted by molar-refractivity contribution is 0.102. The van der Waals surface area contributed by atoms with Crippen LogP contribution in [-0.2, 0) is 0 Å². The second-order valence-corrected chi connectivity index (χ2v) is 6.23. The lowest BCUT2D eigenvalue weighted by atomic mass is 10.1. The fourth-order valence-electron chi connectivity index (χ4n) is 2.90. The van der Waals surface area contributed by atoms with Gasteiger partial charge in [-0.15, -0.1) is 0 Å². The number of hydrogen-bond donors (Lipinski definition) is 1. The van der Waals surface area contributed by atoms with E-state index in [2.05, 4.69) is 20.4 Å². The Kier molecular flexibility index (Phi) is 5.38. The zero-order valence-corrected chi connectivity index (χ0v) is 16.3. The maximum atomic E-state index is 12.5. The molecule has 4 aromatic rings. The second-order valence-electron chi connectivity index (χ2n) is 6.23. The lowest BCUT2D eigenvalue weighted by Crippen LogP contribution is -2.12. The molecule has 150 valence electrons. The van der Waals surface area contributed by atoms with E-state index in [1.165, 1.54) is 0 Å². The van der Waals surface area contributed by atoms with Crippen LogP contribution in [0.5, 0.6) is 11.5 Å². The third-order valence-electron chi connectivity index (χ3n) is 4.42. The Hall–Kier alpha value is -4.20. The normalized spacial score (nSPS) is 10.5. The van der Waals surface area contributed by atoms with Crippen LogP contribution in [0.4, 0.5) is 5.69 Å². The molecule has 1 amide bonds. The second kappa shape index (κ2) is 8.44. The van der Waals surface area contributed by atoms with E-state index in [9.17, 15) is 4.79 Å². The van der Waals surface area contributed by atoms with Crippen molar-refractivity contribution in [1.29, 1.82) is 0 Å². The first-order chi connectivity index (χ1) is 14.7. The Morgan fingerprint density at radius 1 is 0.967 bits per heavy atom. The zero-order valence-electron chi connectivity index (χ0n) is 16.3. The van der Waals surface area contributed by atoms with Gasteiger partial charge in [-0.2, -0.15) is 4.98 Å². The summed E-state index contributed by atoms with van der Waals surface area (Å²) in [6, 6.07) is 15.8. The quantitative estimate of drug-likeness (QED) is 0.519. The molecule has 2 heterocycles. The Morgan fingerprint density at radius 2 is 1.73 bits per heavy atom. The first-order valence-corrected chi connectivity index (χ1v) is 9.06. The average Bonchev–Trinajstić information content (AvgIpc) is 3.29. The maximum absolute atomic E-state index is 12.5. The number of nitrogens with one attached hydrogen (secondary N) is 1. The molecule has 30 heavy (non-hydrogen) atoms. The van der Waals surface area contributed by atoms with Gasteiger partial charge in [-0.1, -0.05) is 17.3 Å². The number of nitrogens with zero attached hydrogens (tertiary/aromatic N) is 3. The van der Waals surface area contributed by atoms with Crippen LogP contribution in [0, 0.1) is 0 Å². The molecule has 1 N–H and O–H groups in total. The van der Waals surface area contributed by atoms with Gasteiger partial charge in [0.2, 0.25) is 5.82 Å². The van der Waals surface area contributed by atoms with E-state index in [-0.39, 0.29) is 11.8 Å². The van der Waals surface area contributed by atoms with Crippen molar-refractivity contribution in [1.82, 2.24) is 15.1 Å². The summed E-state index contributed by atoms with van der Waals surface area (Å²) in [5, 5.41) is 6.95. The smallest absolute Gasteiger partial charge is 0.260 e. The molecular weight excluding hydrogens is 384 g/mol. The molecule has 0 saturated carbocycles. The van der Waals surface area contributed by atoms with Crippen molar-refractivity contribution in [2.24, 2.45) is 0 Å². The van der Waals surface area contributed by atoms with E-state index in [1.807, 2.05) is 18.2 Å². The van der Waals surface area contributed by atoms with Gasteiger partial charge in [0.1, 0.15) is 0 Å². The van der Waals surface area contributed by atoms with E-state index >= 15 is 0 Å². The molecule has 8 heteroatoms. The molecule has 0 aliphatic carbocycles. The topological polar surface area (TPSA) is 99.4 Å². The van der Waals surface area contributed by atoms with Crippen molar-refractivity contribution in [3.63, 3.8) is 0 Å². The largest absolute Gasteiger partial charge is 0.493 e. The fraction of sp³-hybridized carbons (Fsp3) is 0.0909. The van der Waals surface area contributed by atoms with Crippen LogP contribution < -0.4 is 14.8 Å². The summed E-state index contributed by atoms with van der Waals surface area (Å²) in [4.78, 5) is 20.9. The lowest BCUT2D eigenvalue weighted by Gasteiger charge is -2.08. The number of rotatable bonds is 6. The van der Waals surface area contributed by atoms with Gasteiger partial charge in [0.05, 0.1) is 25.5 Å². The maximum Gasteiger partial charge on any atom is 0.260 e. The highest BCUT2D eigenvalue weighted by molar-refractivity contribution is 6.05. The van der Waals surface area contributed by atoms with Crippen LogP contribution in [0.15, 0.2) is 71.5 Å². The number of methoxy groups -OCH3 is 2. The molecule has 0 spiro atoms. The number of ether oxygens (including phenoxy) is 2. The Labute approximate surface area is 172 Å². The summed E-state index contributed by atoms with van der Waals surface area (Å²) >= 11 is 0. The van der Waals surface area contributed by atoms with E-state index in [4.69, 9.17) is 14.0 Å². The number of benzene rings is 2. The minimum absolute atomic E-state index is 0.260. The van der Waals surface area contributed by atoms with E-state index in [0.29, 0.717) is 39.7 Å². The van der Waals surface area contributed by atoms with Crippen molar-refractivity contribution in [3.8, 4) is 34.3 Å². The van der Waals surface area contributed by atoms with Crippen LogP contribution in [-0.4, -0.2) is 35.3 Å². The number of amides is 1. The van der Waals surface area contributed by atoms with Gasteiger partial charge in [0.15, 0.2) is 11.5 Å². The summed E-state index contributed by atoms with van der Waals surface area (Å²) in [5.74, 6) is 1.58. The minimum Gasteiger partial charge on any atom is -0.493 e. The molecule has 0 saturated heterocycles. The fourth-order valence-corrected chi connectivity index (χ4v) is 2.90. The molecule has 4 rings (SSSR count). The predicted octanol–water partition coefficient (Wildman–Crippen LogP) is 4.07. The number of aromatic nitrogens is 3. The Balaban J connectivity index is 1.64. The summed E-state index contributed by atoms with van der Waals surface area (Å²) in [5.41, 5.74) is 2.37. The molecule has 0 radical (unpaired) electrons. The van der Waals surface area contributed by atoms with Gasteiger partial charge < -0.3 is 19.3 Å². The highest BCUT2D eigenvalue weighted by Crippen LogP contribution is 2.33. The van der Waals surface area contributed by atoms with Gasteiger partial charge in [-0.05, 0) is 42.5 Å². The molecule has 0 fully saturated rings. The molecule has 8 nitrogen and oxygen atoms in total. The van der Waals surface area contributed by atoms with Gasteiger partial charge in [0.25, 0.3) is 11.8 Å². The van der Waals surface area contributed by atoms with Crippen LogP contribution in [0.2, 0.25) is 0 Å². The first kappa shape index (κ1) is 19.1. The third-order valence-corrected chi connectivity index (χ3v) is 4.42. The summed E-state index contributed by atoms with van der Waals surface area (Å²) in [7, 11) is 3.13. The molecular formula is C22H18N4O4. The van der Waals surface area contributed by atoms with Crippen molar-refractivity contribution >= 4 is 11.6 Å². The number of hydrogen-bond acceptors (Lipinski definition) is 7. The minimum atomic E-state index is -0.260. The van der Waals surface area contributed by atoms with E-state index < -0.39 is 0 Å². The van der Waals surface area contributed by atoms with Gasteiger partial charge in [0, 0.05) is 23.5 Å². The highest BCUT2D eigenvalue weighted by Gasteiger charge is 2.17. The molecule has 2 aromatic heterocycles. The molecule has 0 aliphatic heterocycles. The number of para-hydroxylation sites is 1. The van der Waals surface area contributed by atoms with E-state index in [1.54, 1.807) is 63.0 Å². The number of pyridine rings is 1. The standard InChI is InChI=1S/C22H18N4O4/c1-28-18-8-7-15(13-19(18)29-2)20-25-22(30-26-20)16-5-3-4-6-17(16)24-21(27)14-9-11-23-12-10-14/h3-13H,1-2H3,(H,24,27). The van der Waals surface area contributed by atoms with Crippen molar-refractivity contribution in [3.05, 3.63) is 72.6 Å². The van der Waals surface area contributed by atoms with E-state index in [0.717, 1.165) is 0 Å². The number of anilines is 1. The van der Waals surface area contributed by atoms with Crippen molar-refractivity contribution in [2.45, 2.75) is 0 Å². The monoisotopic (exact) mass is 402 g/mol. The predicted molar refractivity (Wildman–Crippen MR) is 110 cm³/mol. The highest BCUT2D eigenvalue weighted by atomic mass is 16.5. The third kappa shape index (κ3) is 3.83. The number of carbonyl (C=O) groups is 1. The Bertz CT molecular complexity index is 1170.